The first-order valence-electron chi connectivity index (χ1n) is 6.49. The number of hydrogen-bond donors (Lipinski definition) is 1. The molecule has 96 valence electrons. The molecular formula is C15H21N3. The highest BCUT2D eigenvalue weighted by atomic mass is 15.0. The zero-order valence-corrected chi connectivity index (χ0v) is 11.4. The number of pyridine rings is 1. The van der Waals surface area contributed by atoms with Gasteiger partial charge in [-0.25, -0.2) is 0 Å². The molecule has 0 spiro atoms. The summed E-state index contributed by atoms with van der Waals surface area (Å²) < 4.78 is 2.28. The molecule has 0 bridgehead atoms. The van der Waals surface area contributed by atoms with Gasteiger partial charge >= 0.3 is 0 Å². The SMILES string of the molecule is CCNC(C)c1cccn1Cc1cncc(C)c1. The number of nitrogens with one attached hydrogen (secondary N) is 1. The Morgan fingerprint density at radius 2 is 2.22 bits per heavy atom. The van der Waals surface area contributed by atoms with Crippen LogP contribution < -0.4 is 5.32 Å². The summed E-state index contributed by atoms with van der Waals surface area (Å²) in [6.45, 7) is 8.28. The minimum absolute atomic E-state index is 0.378. The normalized spacial score (nSPS) is 12.6. The third-order valence-electron chi connectivity index (χ3n) is 3.10. The van der Waals surface area contributed by atoms with Crippen molar-refractivity contribution in [3.05, 3.63) is 53.6 Å². The first kappa shape index (κ1) is 12.8. The maximum atomic E-state index is 4.25. The molecule has 0 aliphatic rings. The van der Waals surface area contributed by atoms with E-state index in [0.29, 0.717) is 6.04 Å². The quantitative estimate of drug-likeness (QED) is 0.875. The Kier molecular flexibility index (Phi) is 4.15. The van der Waals surface area contributed by atoms with E-state index in [1.165, 1.54) is 16.8 Å². The maximum absolute atomic E-state index is 4.25. The summed E-state index contributed by atoms with van der Waals surface area (Å²) in [5.41, 5.74) is 3.77. The standard InChI is InChI=1S/C15H21N3/c1-4-17-13(3)15-6-5-7-18(15)11-14-8-12(2)9-16-10-14/h5-10,13,17H,4,11H2,1-3H3. The highest BCUT2D eigenvalue weighted by Gasteiger charge is 2.09. The van der Waals surface area contributed by atoms with Crippen LogP contribution in [0.3, 0.4) is 0 Å². The van der Waals surface area contributed by atoms with Crippen molar-refractivity contribution in [1.82, 2.24) is 14.9 Å². The van der Waals surface area contributed by atoms with E-state index in [1.807, 2.05) is 12.4 Å². The lowest BCUT2D eigenvalue weighted by Crippen LogP contribution is -2.20. The van der Waals surface area contributed by atoms with Crippen LogP contribution in [0.4, 0.5) is 0 Å². The molecule has 0 amide bonds. The predicted molar refractivity (Wildman–Crippen MR) is 74.6 cm³/mol. The molecule has 2 aromatic heterocycles. The topological polar surface area (TPSA) is 29.9 Å². The number of aryl methyl sites for hydroxylation is 1. The Bertz CT molecular complexity index is 502. The van der Waals surface area contributed by atoms with Crippen LogP contribution >= 0.6 is 0 Å². The lowest BCUT2D eigenvalue weighted by atomic mass is 10.2. The second kappa shape index (κ2) is 5.83. The number of hydrogen-bond acceptors (Lipinski definition) is 2. The van der Waals surface area contributed by atoms with E-state index in [4.69, 9.17) is 0 Å². The average Bonchev–Trinajstić information content (AvgIpc) is 2.77. The average molecular weight is 243 g/mol. The van der Waals surface area contributed by atoms with Crippen molar-refractivity contribution in [3.8, 4) is 0 Å². The van der Waals surface area contributed by atoms with E-state index in [2.05, 4.69) is 60.0 Å². The molecule has 1 atom stereocenters. The monoisotopic (exact) mass is 243 g/mol. The van der Waals surface area contributed by atoms with Crippen LogP contribution in [0.2, 0.25) is 0 Å². The van der Waals surface area contributed by atoms with Crippen molar-refractivity contribution in [2.75, 3.05) is 6.54 Å². The van der Waals surface area contributed by atoms with Gasteiger partial charge in [0.25, 0.3) is 0 Å². The maximum Gasteiger partial charge on any atom is 0.0488 e. The second-order valence-corrected chi connectivity index (χ2v) is 4.71. The summed E-state index contributed by atoms with van der Waals surface area (Å²) in [7, 11) is 0. The summed E-state index contributed by atoms with van der Waals surface area (Å²) in [5, 5.41) is 3.45. The van der Waals surface area contributed by atoms with E-state index in [9.17, 15) is 0 Å². The molecule has 2 rings (SSSR count). The van der Waals surface area contributed by atoms with Crippen molar-refractivity contribution < 1.29 is 0 Å². The third-order valence-corrected chi connectivity index (χ3v) is 3.10. The Balaban J connectivity index is 2.17. The molecule has 1 unspecified atom stereocenters. The molecule has 0 fully saturated rings. The minimum atomic E-state index is 0.378. The van der Waals surface area contributed by atoms with Gasteiger partial charge in [0, 0.05) is 36.9 Å². The van der Waals surface area contributed by atoms with Crippen LogP contribution in [-0.2, 0) is 6.54 Å². The van der Waals surface area contributed by atoms with Gasteiger partial charge in [-0.05, 0) is 43.7 Å². The molecule has 18 heavy (non-hydrogen) atoms. The molecule has 0 aliphatic heterocycles. The molecule has 0 saturated carbocycles. The summed E-state index contributed by atoms with van der Waals surface area (Å²) in [4.78, 5) is 4.25. The fourth-order valence-electron chi connectivity index (χ4n) is 2.28. The van der Waals surface area contributed by atoms with Crippen LogP contribution in [0.15, 0.2) is 36.8 Å². The molecule has 3 heteroatoms. The van der Waals surface area contributed by atoms with Gasteiger partial charge in [0.15, 0.2) is 0 Å². The van der Waals surface area contributed by atoms with Crippen molar-refractivity contribution in [3.63, 3.8) is 0 Å². The Labute approximate surface area is 109 Å². The lowest BCUT2D eigenvalue weighted by molar-refractivity contribution is 0.553. The van der Waals surface area contributed by atoms with Gasteiger partial charge in [0.2, 0.25) is 0 Å². The molecule has 3 nitrogen and oxygen atoms in total. The molecule has 2 aromatic rings. The van der Waals surface area contributed by atoms with Crippen molar-refractivity contribution in [2.45, 2.75) is 33.4 Å². The lowest BCUT2D eigenvalue weighted by Gasteiger charge is -2.16. The van der Waals surface area contributed by atoms with E-state index >= 15 is 0 Å². The fourth-order valence-corrected chi connectivity index (χ4v) is 2.28. The molecule has 2 heterocycles. The van der Waals surface area contributed by atoms with Gasteiger partial charge in [0.05, 0.1) is 0 Å². The molecule has 0 radical (unpaired) electrons. The summed E-state index contributed by atoms with van der Waals surface area (Å²) in [6.07, 6.45) is 5.96. The van der Waals surface area contributed by atoms with Crippen LogP contribution in [0.5, 0.6) is 0 Å². The largest absolute Gasteiger partial charge is 0.346 e. The van der Waals surface area contributed by atoms with Gasteiger partial charge < -0.3 is 9.88 Å². The third kappa shape index (κ3) is 2.99. The van der Waals surface area contributed by atoms with Crippen molar-refractivity contribution >= 4 is 0 Å². The van der Waals surface area contributed by atoms with E-state index in [1.54, 1.807) is 0 Å². The van der Waals surface area contributed by atoms with Gasteiger partial charge in [-0.15, -0.1) is 0 Å². The summed E-state index contributed by atoms with van der Waals surface area (Å²) in [6, 6.07) is 6.85. The van der Waals surface area contributed by atoms with Crippen molar-refractivity contribution in [2.24, 2.45) is 0 Å². The summed E-state index contributed by atoms with van der Waals surface area (Å²) in [5.74, 6) is 0. The summed E-state index contributed by atoms with van der Waals surface area (Å²) >= 11 is 0. The predicted octanol–water partition coefficient (Wildman–Crippen LogP) is 2.91. The molecular weight excluding hydrogens is 222 g/mol. The molecule has 0 aliphatic carbocycles. The van der Waals surface area contributed by atoms with Crippen LogP contribution in [-0.4, -0.2) is 16.1 Å². The first-order valence-corrected chi connectivity index (χ1v) is 6.49. The highest BCUT2D eigenvalue weighted by Crippen LogP contribution is 2.15. The van der Waals surface area contributed by atoms with Gasteiger partial charge in [-0.2, -0.15) is 0 Å². The Morgan fingerprint density at radius 3 is 2.94 bits per heavy atom. The zero-order valence-electron chi connectivity index (χ0n) is 11.4. The second-order valence-electron chi connectivity index (χ2n) is 4.71. The number of rotatable bonds is 5. The molecule has 1 N–H and O–H groups in total. The van der Waals surface area contributed by atoms with Gasteiger partial charge in [0.1, 0.15) is 0 Å². The van der Waals surface area contributed by atoms with E-state index in [-0.39, 0.29) is 0 Å². The Hall–Kier alpha value is -1.61. The van der Waals surface area contributed by atoms with E-state index in [0.717, 1.165) is 13.1 Å². The highest BCUT2D eigenvalue weighted by molar-refractivity contribution is 5.19. The van der Waals surface area contributed by atoms with Crippen LogP contribution in [0, 0.1) is 6.92 Å². The molecule has 0 aromatic carbocycles. The minimum Gasteiger partial charge on any atom is -0.346 e. The number of aromatic nitrogens is 2. The Morgan fingerprint density at radius 1 is 1.39 bits per heavy atom. The van der Waals surface area contributed by atoms with Gasteiger partial charge in [-0.1, -0.05) is 13.0 Å². The first-order chi connectivity index (χ1) is 8.70. The zero-order chi connectivity index (χ0) is 13.0. The van der Waals surface area contributed by atoms with Crippen molar-refractivity contribution in [1.29, 1.82) is 0 Å². The van der Waals surface area contributed by atoms with E-state index < -0.39 is 0 Å². The number of nitrogens with zero attached hydrogens (tertiary/aromatic N) is 2. The fraction of sp³-hybridized carbons (Fsp3) is 0.400. The smallest absolute Gasteiger partial charge is 0.0488 e. The molecule has 0 saturated heterocycles. The van der Waals surface area contributed by atoms with Gasteiger partial charge in [-0.3, -0.25) is 4.98 Å². The van der Waals surface area contributed by atoms with Crippen LogP contribution in [0.25, 0.3) is 0 Å². The van der Waals surface area contributed by atoms with Crippen LogP contribution in [0.1, 0.15) is 36.7 Å².